The summed E-state index contributed by atoms with van der Waals surface area (Å²) in [7, 11) is 1.28. The van der Waals surface area contributed by atoms with E-state index in [0.29, 0.717) is 18.0 Å². The van der Waals surface area contributed by atoms with Crippen LogP contribution in [0.25, 0.3) is 0 Å². The van der Waals surface area contributed by atoms with Crippen LogP contribution in [0.3, 0.4) is 0 Å². The molecule has 0 bridgehead atoms. The highest BCUT2D eigenvalue weighted by Gasteiger charge is 2.36. The van der Waals surface area contributed by atoms with Gasteiger partial charge in [0.25, 0.3) is 5.91 Å². The first-order valence-electron chi connectivity index (χ1n) is 6.22. The minimum absolute atomic E-state index is 0.114. The van der Waals surface area contributed by atoms with Crippen LogP contribution in [-0.4, -0.2) is 60.4 Å². The molecule has 1 aliphatic rings. The number of rotatable bonds is 2. The number of carbonyl (C=O) groups excluding carboxylic acids is 3. The van der Waals surface area contributed by atoms with Gasteiger partial charge in [0, 0.05) is 20.0 Å². The number of esters is 1. The highest BCUT2D eigenvalue weighted by molar-refractivity contribution is 7.12. The van der Waals surface area contributed by atoms with Gasteiger partial charge in [-0.3, -0.25) is 9.59 Å². The van der Waals surface area contributed by atoms with Crippen molar-refractivity contribution >= 4 is 29.1 Å². The smallest absolute Gasteiger partial charge is 0.330 e. The van der Waals surface area contributed by atoms with Crippen molar-refractivity contribution in [2.45, 2.75) is 13.0 Å². The summed E-state index contributed by atoms with van der Waals surface area (Å²) >= 11 is 1.36. The van der Waals surface area contributed by atoms with Crippen LogP contribution in [0.1, 0.15) is 16.6 Å². The number of hydrogen-bond acceptors (Lipinski definition) is 5. The number of nitrogens with zero attached hydrogens (tertiary/aromatic N) is 2. The summed E-state index contributed by atoms with van der Waals surface area (Å²) in [4.78, 5) is 39.3. The SMILES string of the molecule is COC(=O)C1CN(C(=O)c2cccs2)CCN1C(C)=O. The van der Waals surface area contributed by atoms with Gasteiger partial charge in [-0.25, -0.2) is 4.79 Å². The number of amides is 2. The summed E-state index contributed by atoms with van der Waals surface area (Å²) < 4.78 is 4.72. The number of methoxy groups -OCH3 is 1. The lowest BCUT2D eigenvalue weighted by molar-refractivity contribution is -0.154. The maximum absolute atomic E-state index is 12.3. The first-order valence-corrected chi connectivity index (χ1v) is 7.10. The normalized spacial score (nSPS) is 18.8. The van der Waals surface area contributed by atoms with Gasteiger partial charge in [0.2, 0.25) is 5.91 Å². The highest BCUT2D eigenvalue weighted by atomic mass is 32.1. The molecule has 1 aromatic heterocycles. The van der Waals surface area contributed by atoms with Crippen molar-refractivity contribution in [1.82, 2.24) is 9.80 Å². The van der Waals surface area contributed by atoms with Gasteiger partial charge in [-0.2, -0.15) is 0 Å². The molecule has 1 saturated heterocycles. The Labute approximate surface area is 120 Å². The maximum atomic E-state index is 12.3. The molecule has 0 aliphatic carbocycles. The molecule has 1 aromatic rings. The average molecular weight is 296 g/mol. The number of piperazine rings is 1. The molecule has 6 nitrogen and oxygen atoms in total. The Bertz CT molecular complexity index is 514. The van der Waals surface area contributed by atoms with Crippen LogP contribution in [0.4, 0.5) is 0 Å². The fourth-order valence-corrected chi connectivity index (χ4v) is 2.93. The molecule has 0 spiro atoms. The quantitative estimate of drug-likeness (QED) is 0.749. The van der Waals surface area contributed by atoms with E-state index in [0.717, 1.165) is 0 Å². The molecule has 108 valence electrons. The van der Waals surface area contributed by atoms with Crippen molar-refractivity contribution in [3.63, 3.8) is 0 Å². The predicted molar refractivity (Wildman–Crippen MR) is 73.4 cm³/mol. The Morgan fingerprint density at radius 3 is 2.65 bits per heavy atom. The van der Waals surface area contributed by atoms with Crippen LogP contribution >= 0.6 is 11.3 Å². The number of carbonyl (C=O) groups is 3. The largest absolute Gasteiger partial charge is 0.467 e. The Morgan fingerprint density at radius 2 is 2.10 bits per heavy atom. The second kappa shape index (κ2) is 6.04. The standard InChI is InChI=1S/C13H16N2O4S/c1-9(16)15-6-5-14(8-10(15)13(18)19-2)12(17)11-4-3-7-20-11/h3-4,7,10H,5-6,8H2,1-2H3. The van der Waals surface area contributed by atoms with E-state index in [1.165, 1.54) is 30.3 Å². The molecule has 0 aromatic carbocycles. The van der Waals surface area contributed by atoms with E-state index < -0.39 is 12.0 Å². The minimum Gasteiger partial charge on any atom is -0.467 e. The Kier molecular flexibility index (Phi) is 4.39. The van der Waals surface area contributed by atoms with E-state index in [1.54, 1.807) is 11.0 Å². The first kappa shape index (κ1) is 14.5. The van der Waals surface area contributed by atoms with Gasteiger partial charge >= 0.3 is 5.97 Å². The number of ether oxygens (including phenoxy) is 1. The second-order valence-electron chi connectivity index (χ2n) is 4.48. The third kappa shape index (κ3) is 2.82. The molecule has 20 heavy (non-hydrogen) atoms. The third-order valence-corrected chi connectivity index (χ3v) is 4.14. The molecule has 2 amide bonds. The van der Waals surface area contributed by atoms with Crippen molar-refractivity contribution in [2.75, 3.05) is 26.7 Å². The summed E-state index contributed by atoms with van der Waals surface area (Å²) in [6, 6.07) is 2.83. The van der Waals surface area contributed by atoms with Gasteiger partial charge in [0.05, 0.1) is 18.5 Å². The van der Waals surface area contributed by atoms with E-state index in [2.05, 4.69) is 0 Å². The van der Waals surface area contributed by atoms with Crippen molar-refractivity contribution < 1.29 is 19.1 Å². The van der Waals surface area contributed by atoms with Gasteiger partial charge in [-0.1, -0.05) is 6.07 Å². The van der Waals surface area contributed by atoms with Gasteiger partial charge in [0.1, 0.15) is 6.04 Å². The minimum atomic E-state index is -0.727. The summed E-state index contributed by atoms with van der Waals surface area (Å²) in [5.74, 6) is -0.801. The first-order chi connectivity index (χ1) is 9.54. The summed E-state index contributed by atoms with van der Waals surface area (Å²) in [5, 5.41) is 1.83. The lowest BCUT2D eigenvalue weighted by Gasteiger charge is -2.39. The zero-order chi connectivity index (χ0) is 14.7. The van der Waals surface area contributed by atoms with Crippen LogP contribution in [-0.2, 0) is 14.3 Å². The predicted octanol–water partition coefficient (Wildman–Crippen LogP) is 0.594. The molecular formula is C13H16N2O4S. The summed E-state index contributed by atoms with van der Waals surface area (Å²) in [6.07, 6.45) is 0. The molecule has 7 heteroatoms. The molecular weight excluding hydrogens is 280 g/mol. The number of thiophene rings is 1. The Morgan fingerprint density at radius 1 is 1.35 bits per heavy atom. The monoisotopic (exact) mass is 296 g/mol. The van der Waals surface area contributed by atoms with Gasteiger partial charge in [-0.05, 0) is 11.4 Å². The van der Waals surface area contributed by atoms with E-state index in [-0.39, 0.29) is 18.4 Å². The van der Waals surface area contributed by atoms with Crippen molar-refractivity contribution in [3.8, 4) is 0 Å². The maximum Gasteiger partial charge on any atom is 0.330 e. The van der Waals surface area contributed by atoms with Crippen LogP contribution in [0.2, 0.25) is 0 Å². The van der Waals surface area contributed by atoms with Crippen molar-refractivity contribution in [1.29, 1.82) is 0 Å². The van der Waals surface area contributed by atoms with Crippen molar-refractivity contribution in [3.05, 3.63) is 22.4 Å². The highest BCUT2D eigenvalue weighted by Crippen LogP contribution is 2.17. The van der Waals surface area contributed by atoms with Crippen LogP contribution in [0, 0.1) is 0 Å². The van der Waals surface area contributed by atoms with E-state index in [9.17, 15) is 14.4 Å². The zero-order valence-corrected chi connectivity index (χ0v) is 12.2. The van der Waals surface area contributed by atoms with E-state index in [1.807, 2.05) is 11.4 Å². The molecule has 0 radical (unpaired) electrons. The average Bonchev–Trinajstić information content (AvgIpc) is 2.99. The van der Waals surface area contributed by atoms with Crippen LogP contribution in [0.5, 0.6) is 0 Å². The lowest BCUT2D eigenvalue weighted by atomic mass is 10.1. The molecule has 2 rings (SSSR count). The molecule has 1 unspecified atom stereocenters. The molecule has 1 atom stereocenters. The Hall–Kier alpha value is -1.89. The number of hydrogen-bond donors (Lipinski definition) is 0. The molecule has 0 N–H and O–H groups in total. The second-order valence-corrected chi connectivity index (χ2v) is 5.43. The van der Waals surface area contributed by atoms with Gasteiger partial charge in [0.15, 0.2) is 0 Å². The molecule has 0 saturated carbocycles. The zero-order valence-electron chi connectivity index (χ0n) is 11.4. The van der Waals surface area contributed by atoms with Crippen LogP contribution < -0.4 is 0 Å². The van der Waals surface area contributed by atoms with Gasteiger partial charge in [-0.15, -0.1) is 11.3 Å². The molecule has 1 aliphatic heterocycles. The van der Waals surface area contributed by atoms with E-state index in [4.69, 9.17) is 4.74 Å². The van der Waals surface area contributed by atoms with E-state index >= 15 is 0 Å². The third-order valence-electron chi connectivity index (χ3n) is 3.28. The van der Waals surface area contributed by atoms with Gasteiger partial charge < -0.3 is 14.5 Å². The Balaban J connectivity index is 2.14. The fraction of sp³-hybridized carbons (Fsp3) is 0.462. The fourth-order valence-electron chi connectivity index (χ4n) is 2.24. The lowest BCUT2D eigenvalue weighted by Crippen LogP contribution is -2.59. The topological polar surface area (TPSA) is 66.9 Å². The van der Waals surface area contributed by atoms with Crippen LogP contribution in [0.15, 0.2) is 17.5 Å². The molecule has 2 heterocycles. The summed E-state index contributed by atoms with van der Waals surface area (Å²) in [5.41, 5.74) is 0. The van der Waals surface area contributed by atoms with Crippen molar-refractivity contribution in [2.24, 2.45) is 0 Å². The molecule has 1 fully saturated rings. The summed E-state index contributed by atoms with van der Waals surface area (Å²) in [6.45, 7) is 2.34.